The highest BCUT2D eigenvalue weighted by Gasteiger charge is 2.28. The fourth-order valence-corrected chi connectivity index (χ4v) is 3.60. The minimum absolute atomic E-state index is 0.0824. The van der Waals surface area contributed by atoms with Crippen LogP contribution in [0.5, 0.6) is 0 Å². The van der Waals surface area contributed by atoms with Crippen molar-refractivity contribution in [3.8, 4) is 0 Å². The van der Waals surface area contributed by atoms with E-state index in [1.54, 1.807) is 18.6 Å². The van der Waals surface area contributed by atoms with Crippen molar-refractivity contribution in [3.05, 3.63) is 18.6 Å². The van der Waals surface area contributed by atoms with Crippen molar-refractivity contribution in [1.29, 1.82) is 0 Å². The molecular weight excluding hydrogens is 276 g/mol. The number of piperidine rings is 1. The SMILES string of the molecule is O=C(NC1CCCCCC1)C1CCCN(c2cnccn2)C1. The molecule has 1 aliphatic heterocycles. The fourth-order valence-electron chi connectivity index (χ4n) is 3.60. The van der Waals surface area contributed by atoms with Crippen LogP contribution in [-0.4, -0.2) is 35.0 Å². The summed E-state index contributed by atoms with van der Waals surface area (Å²) < 4.78 is 0. The Hall–Kier alpha value is -1.65. The third-order valence-electron chi connectivity index (χ3n) is 4.87. The second-order valence-electron chi connectivity index (χ2n) is 6.55. The summed E-state index contributed by atoms with van der Waals surface area (Å²) in [6.45, 7) is 1.73. The summed E-state index contributed by atoms with van der Waals surface area (Å²) >= 11 is 0. The fraction of sp³-hybridized carbons (Fsp3) is 0.706. The highest BCUT2D eigenvalue weighted by atomic mass is 16.2. The average molecular weight is 302 g/mol. The molecule has 1 saturated carbocycles. The van der Waals surface area contributed by atoms with Gasteiger partial charge in [-0.3, -0.25) is 9.78 Å². The monoisotopic (exact) mass is 302 g/mol. The molecule has 0 aromatic carbocycles. The summed E-state index contributed by atoms with van der Waals surface area (Å²) in [5.41, 5.74) is 0. The first-order valence-electron chi connectivity index (χ1n) is 8.64. The minimum Gasteiger partial charge on any atom is -0.355 e. The number of anilines is 1. The molecule has 2 heterocycles. The number of rotatable bonds is 3. The molecule has 1 amide bonds. The summed E-state index contributed by atoms with van der Waals surface area (Å²) in [5.74, 6) is 1.20. The Balaban J connectivity index is 1.55. The lowest BCUT2D eigenvalue weighted by molar-refractivity contribution is -0.126. The number of nitrogens with one attached hydrogen (secondary N) is 1. The third kappa shape index (κ3) is 3.96. The molecule has 1 N–H and O–H groups in total. The van der Waals surface area contributed by atoms with Gasteiger partial charge in [0, 0.05) is 31.5 Å². The highest BCUT2D eigenvalue weighted by molar-refractivity contribution is 5.79. The number of carbonyl (C=O) groups excluding carboxylic acids is 1. The molecule has 1 aromatic rings. The number of hydrogen-bond donors (Lipinski definition) is 1. The van der Waals surface area contributed by atoms with Crippen LogP contribution >= 0.6 is 0 Å². The summed E-state index contributed by atoms with van der Waals surface area (Å²) in [4.78, 5) is 23.3. The predicted molar refractivity (Wildman–Crippen MR) is 86.6 cm³/mol. The van der Waals surface area contributed by atoms with Gasteiger partial charge in [0.2, 0.25) is 5.91 Å². The summed E-state index contributed by atoms with van der Waals surface area (Å²) in [7, 11) is 0. The number of nitrogens with zero attached hydrogens (tertiary/aromatic N) is 3. The smallest absolute Gasteiger partial charge is 0.225 e. The van der Waals surface area contributed by atoms with Crippen LogP contribution < -0.4 is 10.2 Å². The van der Waals surface area contributed by atoms with Crippen molar-refractivity contribution in [2.75, 3.05) is 18.0 Å². The largest absolute Gasteiger partial charge is 0.355 e. The van der Waals surface area contributed by atoms with E-state index in [9.17, 15) is 4.79 Å². The van der Waals surface area contributed by atoms with E-state index in [2.05, 4.69) is 20.2 Å². The topological polar surface area (TPSA) is 58.1 Å². The van der Waals surface area contributed by atoms with Crippen LogP contribution in [-0.2, 0) is 4.79 Å². The average Bonchev–Trinajstić information content (AvgIpc) is 2.84. The molecule has 3 rings (SSSR count). The predicted octanol–water partition coefficient (Wildman–Crippen LogP) is 2.53. The van der Waals surface area contributed by atoms with Crippen LogP contribution in [0.1, 0.15) is 51.4 Å². The zero-order valence-electron chi connectivity index (χ0n) is 13.2. The van der Waals surface area contributed by atoms with E-state index in [4.69, 9.17) is 0 Å². The third-order valence-corrected chi connectivity index (χ3v) is 4.87. The van der Waals surface area contributed by atoms with Crippen LogP contribution in [0.3, 0.4) is 0 Å². The molecule has 0 bridgehead atoms. The first-order valence-corrected chi connectivity index (χ1v) is 8.64. The van der Waals surface area contributed by atoms with E-state index >= 15 is 0 Å². The van der Waals surface area contributed by atoms with Crippen LogP contribution in [0.2, 0.25) is 0 Å². The molecule has 1 unspecified atom stereocenters. The Labute approximate surface area is 132 Å². The van der Waals surface area contributed by atoms with Gasteiger partial charge in [-0.25, -0.2) is 4.98 Å². The lowest BCUT2D eigenvalue weighted by Gasteiger charge is -2.33. The number of carbonyl (C=O) groups is 1. The van der Waals surface area contributed by atoms with Gasteiger partial charge in [-0.2, -0.15) is 0 Å². The van der Waals surface area contributed by atoms with Crippen molar-refractivity contribution in [2.45, 2.75) is 57.4 Å². The standard InChI is InChI=1S/C17H26N4O/c22-17(20-15-7-3-1-2-4-8-15)14-6-5-11-21(13-14)16-12-18-9-10-19-16/h9-10,12,14-15H,1-8,11,13H2,(H,20,22). The molecule has 22 heavy (non-hydrogen) atoms. The number of aromatic nitrogens is 2. The van der Waals surface area contributed by atoms with Crippen molar-refractivity contribution in [3.63, 3.8) is 0 Å². The van der Waals surface area contributed by atoms with Gasteiger partial charge in [0.05, 0.1) is 12.1 Å². The minimum atomic E-state index is 0.0824. The van der Waals surface area contributed by atoms with Crippen LogP contribution in [0, 0.1) is 5.92 Å². The second kappa shape index (κ2) is 7.56. The molecule has 0 spiro atoms. The zero-order chi connectivity index (χ0) is 15.2. The quantitative estimate of drug-likeness (QED) is 0.872. The summed E-state index contributed by atoms with van der Waals surface area (Å²) in [6, 6.07) is 0.391. The Bertz CT molecular complexity index is 471. The van der Waals surface area contributed by atoms with Crippen LogP contribution in [0.4, 0.5) is 5.82 Å². The first-order chi connectivity index (χ1) is 10.8. The summed E-state index contributed by atoms with van der Waals surface area (Å²) in [6.07, 6.45) is 14.6. The number of amides is 1. The van der Waals surface area contributed by atoms with Gasteiger partial charge >= 0.3 is 0 Å². The second-order valence-corrected chi connectivity index (χ2v) is 6.55. The maximum atomic E-state index is 12.6. The van der Waals surface area contributed by atoms with Gasteiger partial charge in [-0.05, 0) is 25.7 Å². The van der Waals surface area contributed by atoms with E-state index in [1.165, 1.54) is 25.7 Å². The Morgan fingerprint density at radius 1 is 1.09 bits per heavy atom. The maximum absolute atomic E-state index is 12.6. The van der Waals surface area contributed by atoms with Gasteiger partial charge in [-0.1, -0.05) is 25.7 Å². The van der Waals surface area contributed by atoms with E-state index in [0.29, 0.717) is 6.04 Å². The van der Waals surface area contributed by atoms with Crippen LogP contribution in [0.15, 0.2) is 18.6 Å². The molecule has 0 radical (unpaired) electrons. The van der Waals surface area contributed by atoms with Gasteiger partial charge < -0.3 is 10.2 Å². The van der Waals surface area contributed by atoms with Crippen molar-refractivity contribution < 1.29 is 4.79 Å². The lowest BCUT2D eigenvalue weighted by Crippen LogP contribution is -2.46. The van der Waals surface area contributed by atoms with Crippen molar-refractivity contribution >= 4 is 11.7 Å². The number of hydrogen-bond acceptors (Lipinski definition) is 4. The molecule has 1 atom stereocenters. The maximum Gasteiger partial charge on any atom is 0.225 e. The van der Waals surface area contributed by atoms with Crippen LogP contribution in [0.25, 0.3) is 0 Å². The Kier molecular flexibility index (Phi) is 5.24. The molecule has 5 nitrogen and oxygen atoms in total. The molecule has 1 aromatic heterocycles. The molecule has 1 saturated heterocycles. The van der Waals surface area contributed by atoms with Gasteiger partial charge in [0.15, 0.2) is 0 Å². The molecule has 120 valence electrons. The molecular formula is C17H26N4O. The van der Waals surface area contributed by atoms with E-state index in [0.717, 1.165) is 44.6 Å². The van der Waals surface area contributed by atoms with Gasteiger partial charge in [0.25, 0.3) is 0 Å². The molecule has 5 heteroatoms. The highest BCUT2D eigenvalue weighted by Crippen LogP contribution is 2.22. The first kappa shape index (κ1) is 15.3. The van der Waals surface area contributed by atoms with Gasteiger partial charge in [-0.15, -0.1) is 0 Å². The Morgan fingerprint density at radius 3 is 2.64 bits per heavy atom. The normalized spacial score (nSPS) is 23.8. The van der Waals surface area contributed by atoms with Crippen molar-refractivity contribution in [1.82, 2.24) is 15.3 Å². The molecule has 2 aliphatic rings. The van der Waals surface area contributed by atoms with Crippen molar-refractivity contribution in [2.24, 2.45) is 5.92 Å². The van der Waals surface area contributed by atoms with E-state index in [1.807, 2.05) is 0 Å². The van der Waals surface area contributed by atoms with Gasteiger partial charge in [0.1, 0.15) is 5.82 Å². The zero-order valence-corrected chi connectivity index (χ0v) is 13.2. The molecule has 2 fully saturated rings. The molecule has 1 aliphatic carbocycles. The van der Waals surface area contributed by atoms with E-state index in [-0.39, 0.29) is 11.8 Å². The summed E-state index contributed by atoms with van der Waals surface area (Å²) in [5, 5.41) is 3.30. The lowest BCUT2D eigenvalue weighted by atomic mass is 9.96. The van der Waals surface area contributed by atoms with E-state index < -0.39 is 0 Å². The Morgan fingerprint density at radius 2 is 1.91 bits per heavy atom.